The summed E-state index contributed by atoms with van der Waals surface area (Å²) in [6.07, 6.45) is 0.404. The van der Waals surface area contributed by atoms with Gasteiger partial charge in [0.1, 0.15) is 24.0 Å². The largest absolute Gasteiger partial charge is 0.491 e. The normalized spacial score (nSPS) is 16.8. The van der Waals surface area contributed by atoms with Crippen LogP contribution in [-0.2, 0) is 25.9 Å². The molecule has 0 amide bonds. The lowest BCUT2D eigenvalue weighted by Gasteiger charge is -2.34. The number of aryl methyl sites for hydroxylation is 1. The molecule has 3 heterocycles. The van der Waals surface area contributed by atoms with Crippen molar-refractivity contribution >= 4 is 16.9 Å². The number of alkyl halides is 2. The lowest BCUT2D eigenvalue weighted by Crippen LogP contribution is -2.32. The zero-order valence-electron chi connectivity index (χ0n) is 22.9. The van der Waals surface area contributed by atoms with E-state index in [2.05, 4.69) is 39.7 Å². The van der Waals surface area contributed by atoms with Crippen molar-refractivity contribution in [1.82, 2.24) is 24.8 Å². The summed E-state index contributed by atoms with van der Waals surface area (Å²) < 4.78 is 32.5. The van der Waals surface area contributed by atoms with Crippen LogP contribution in [-0.4, -0.2) is 52.1 Å². The molecule has 1 N–H and O–H groups in total. The van der Waals surface area contributed by atoms with Crippen molar-refractivity contribution in [1.29, 1.82) is 0 Å². The van der Waals surface area contributed by atoms with Gasteiger partial charge in [0.2, 0.25) is 0 Å². The second-order valence-corrected chi connectivity index (χ2v) is 11.7. The lowest BCUT2D eigenvalue weighted by molar-refractivity contribution is 0.142. The molecule has 1 aliphatic heterocycles. The molecule has 2 aromatic heterocycles. The van der Waals surface area contributed by atoms with Crippen LogP contribution in [0.5, 0.6) is 5.75 Å². The summed E-state index contributed by atoms with van der Waals surface area (Å²) >= 11 is 0. The van der Waals surface area contributed by atoms with Crippen molar-refractivity contribution in [3.8, 4) is 16.9 Å². The molecule has 204 valence electrons. The number of benzene rings is 2. The fraction of sp³-hybridized carbons (Fsp3) is 0.433. The Bertz CT molecular complexity index is 1530. The number of hydrogen-bond donors (Lipinski definition) is 1. The van der Waals surface area contributed by atoms with Crippen molar-refractivity contribution < 1.29 is 13.5 Å². The lowest BCUT2D eigenvalue weighted by atomic mass is 9.76. The number of hydrogen-bond acceptors (Lipinski definition) is 6. The van der Waals surface area contributed by atoms with Crippen LogP contribution in [0.2, 0.25) is 0 Å². The molecule has 0 saturated carbocycles. The minimum atomic E-state index is -2.63. The van der Waals surface area contributed by atoms with E-state index in [1.165, 1.54) is 11.3 Å². The van der Waals surface area contributed by atoms with Crippen molar-refractivity contribution in [3.05, 3.63) is 64.9 Å². The predicted molar refractivity (Wildman–Crippen MR) is 148 cm³/mol. The number of ether oxygens (including phenoxy) is 1. The molecule has 4 aromatic rings. The minimum Gasteiger partial charge on any atom is -0.491 e. The van der Waals surface area contributed by atoms with Gasteiger partial charge in [-0.15, -0.1) is 0 Å². The first-order valence-electron chi connectivity index (χ1n) is 13.5. The van der Waals surface area contributed by atoms with Crippen LogP contribution in [0, 0.1) is 5.41 Å². The van der Waals surface area contributed by atoms with Gasteiger partial charge >= 0.3 is 0 Å². The van der Waals surface area contributed by atoms with E-state index in [9.17, 15) is 8.78 Å². The van der Waals surface area contributed by atoms with Crippen molar-refractivity contribution in [3.63, 3.8) is 0 Å². The molecule has 2 aliphatic rings. The molecule has 6 rings (SSSR count). The maximum atomic E-state index is 13.1. The monoisotopic (exact) mass is 532 g/mol. The Morgan fingerprint density at radius 1 is 1.08 bits per heavy atom. The Morgan fingerprint density at radius 3 is 2.67 bits per heavy atom. The first-order chi connectivity index (χ1) is 18.6. The van der Waals surface area contributed by atoms with Gasteiger partial charge in [-0.3, -0.25) is 0 Å². The molecule has 39 heavy (non-hydrogen) atoms. The molecule has 9 heteroatoms. The maximum Gasteiger partial charge on any atom is 0.295 e. The SMILES string of the molecule is CN(C)Cc1nc2c(c(N3CCOc4ccc(-c5ccc6nc(C(F)F)[nH]c6c5)cc4C3)n1)CC(C)(C)CC2. The van der Waals surface area contributed by atoms with E-state index in [1.807, 2.05) is 38.4 Å². The van der Waals surface area contributed by atoms with Gasteiger partial charge in [0.05, 0.1) is 24.1 Å². The fourth-order valence-electron chi connectivity index (χ4n) is 5.66. The van der Waals surface area contributed by atoms with E-state index in [-0.39, 0.29) is 11.2 Å². The molecule has 0 bridgehead atoms. The summed E-state index contributed by atoms with van der Waals surface area (Å²) in [7, 11) is 4.08. The van der Waals surface area contributed by atoms with E-state index in [1.54, 1.807) is 6.07 Å². The van der Waals surface area contributed by atoms with E-state index in [0.717, 1.165) is 59.9 Å². The molecule has 0 spiro atoms. The topological polar surface area (TPSA) is 70.2 Å². The third-order valence-electron chi connectivity index (χ3n) is 7.65. The number of fused-ring (bicyclic) bond motifs is 3. The van der Waals surface area contributed by atoms with E-state index in [0.29, 0.717) is 30.7 Å². The second kappa shape index (κ2) is 9.86. The number of nitrogens with zero attached hydrogens (tertiary/aromatic N) is 5. The summed E-state index contributed by atoms with van der Waals surface area (Å²) in [6, 6.07) is 11.7. The van der Waals surface area contributed by atoms with Gasteiger partial charge in [0, 0.05) is 23.4 Å². The van der Waals surface area contributed by atoms with E-state index in [4.69, 9.17) is 14.7 Å². The van der Waals surface area contributed by atoms with Gasteiger partial charge in [0.25, 0.3) is 6.43 Å². The van der Waals surface area contributed by atoms with Crippen LogP contribution in [0.1, 0.15) is 55.2 Å². The third kappa shape index (κ3) is 5.20. The van der Waals surface area contributed by atoms with Crippen LogP contribution in [0.25, 0.3) is 22.2 Å². The zero-order chi connectivity index (χ0) is 27.3. The molecule has 0 atom stereocenters. The van der Waals surface area contributed by atoms with Crippen LogP contribution >= 0.6 is 0 Å². The smallest absolute Gasteiger partial charge is 0.295 e. The molecular weight excluding hydrogens is 498 g/mol. The average Bonchev–Trinajstić information content (AvgIpc) is 3.20. The van der Waals surface area contributed by atoms with Crippen LogP contribution in [0.15, 0.2) is 36.4 Å². The number of rotatable bonds is 5. The summed E-state index contributed by atoms with van der Waals surface area (Å²) in [4.78, 5) is 21.3. The van der Waals surface area contributed by atoms with Gasteiger partial charge in [0.15, 0.2) is 5.82 Å². The van der Waals surface area contributed by atoms with Gasteiger partial charge < -0.3 is 19.5 Å². The Kier molecular flexibility index (Phi) is 6.49. The summed E-state index contributed by atoms with van der Waals surface area (Å²) in [5.41, 5.74) is 6.76. The molecule has 2 aromatic carbocycles. The molecule has 1 aliphatic carbocycles. The number of imidazole rings is 1. The van der Waals surface area contributed by atoms with Crippen molar-refractivity contribution in [2.24, 2.45) is 5.41 Å². The highest BCUT2D eigenvalue weighted by Crippen LogP contribution is 2.39. The van der Waals surface area contributed by atoms with Crippen LogP contribution in [0.4, 0.5) is 14.6 Å². The Balaban J connectivity index is 1.37. The molecule has 0 unspecified atom stereocenters. The van der Waals surface area contributed by atoms with Crippen LogP contribution in [0.3, 0.4) is 0 Å². The average molecular weight is 533 g/mol. The van der Waals surface area contributed by atoms with Gasteiger partial charge in [-0.2, -0.15) is 0 Å². The number of aromatic amines is 1. The molecule has 7 nitrogen and oxygen atoms in total. The van der Waals surface area contributed by atoms with E-state index >= 15 is 0 Å². The van der Waals surface area contributed by atoms with Gasteiger partial charge in [-0.1, -0.05) is 26.0 Å². The number of anilines is 1. The minimum absolute atomic E-state index is 0.205. The second-order valence-electron chi connectivity index (χ2n) is 11.7. The quantitative estimate of drug-likeness (QED) is 0.343. The maximum absolute atomic E-state index is 13.1. The standard InChI is InChI=1S/C30H34F2N6O/c1-30(2)10-9-22-21(15-30)29(36-26(33-22)17-37(3)4)38-11-12-39-25-8-6-18(13-20(25)16-38)19-5-7-23-24(14-19)35-28(34-23)27(31)32/h5-8,13-14,27H,9-12,15-17H2,1-4H3,(H,34,35). The van der Waals surface area contributed by atoms with Crippen molar-refractivity contribution in [2.45, 2.75) is 52.6 Å². The number of H-pyrrole nitrogens is 1. The molecule has 0 radical (unpaired) electrons. The Hall–Kier alpha value is -3.59. The predicted octanol–water partition coefficient (Wildman–Crippen LogP) is 5.93. The summed E-state index contributed by atoms with van der Waals surface area (Å²) in [6.45, 7) is 7.29. The Morgan fingerprint density at radius 2 is 1.87 bits per heavy atom. The van der Waals surface area contributed by atoms with Crippen LogP contribution < -0.4 is 9.64 Å². The fourth-order valence-corrected chi connectivity index (χ4v) is 5.66. The molecular formula is C30H34F2N6O. The first kappa shape index (κ1) is 25.7. The van der Waals surface area contributed by atoms with Crippen molar-refractivity contribution in [2.75, 3.05) is 32.1 Å². The van der Waals surface area contributed by atoms with Gasteiger partial charge in [-0.25, -0.2) is 23.7 Å². The third-order valence-corrected chi connectivity index (χ3v) is 7.65. The number of aromatic nitrogens is 4. The van der Waals surface area contributed by atoms with E-state index < -0.39 is 6.43 Å². The summed E-state index contributed by atoms with van der Waals surface area (Å²) in [5.74, 6) is 2.42. The number of halogens is 2. The highest BCUT2D eigenvalue weighted by atomic mass is 19.3. The summed E-state index contributed by atoms with van der Waals surface area (Å²) in [5, 5.41) is 0. The first-order valence-corrected chi connectivity index (χ1v) is 13.5. The highest BCUT2D eigenvalue weighted by Gasteiger charge is 2.31. The molecule has 0 saturated heterocycles. The molecule has 0 fully saturated rings. The zero-order valence-corrected chi connectivity index (χ0v) is 22.9. The van der Waals surface area contributed by atoms with Gasteiger partial charge in [-0.05, 0) is 74.2 Å². The highest BCUT2D eigenvalue weighted by molar-refractivity contribution is 5.82. The number of nitrogens with one attached hydrogen (secondary N) is 1. The Labute approximate surface area is 227 Å².